The molecule has 1 aromatic heterocycles. The summed E-state index contributed by atoms with van der Waals surface area (Å²) in [6, 6.07) is 12.9. The van der Waals surface area contributed by atoms with E-state index in [-0.39, 0.29) is 18.1 Å². The number of benzene rings is 2. The van der Waals surface area contributed by atoms with Crippen molar-refractivity contribution in [1.82, 2.24) is 15.6 Å². The molecule has 9 heteroatoms. The molecule has 178 valence electrons. The molecular formula is C25H24ClF3N4O. The summed E-state index contributed by atoms with van der Waals surface area (Å²) in [7, 11) is 0. The molecule has 1 amide bonds. The largest absolute Gasteiger partial charge is 0.416 e. The van der Waals surface area contributed by atoms with Gasteiger partial charge in [0.1, 0.15) is 0 Å². The van der Waals surface area contributed by atoms with Crippen LogP contribution in [0.5, 0.6) is 0 Å². The summed E-state index contributed by atoms with van der Waals surface area (Å²) in [5.41, 5.74) is 4.19. The molecule has 1 aliphatic heterocycles. The maximum absolute atomic E-state index is 12.8. The van der Waals surface area contributed by atoms with Gasteiger partial charge in [-0.05, 0) is 73.0 Å². The average Bonchev–Trinajstić information content (AvgIpc) is 3.08. The van der Waals surface area contributed by atoms with E-state index in [2.05, 4.69) is 27.0 Å². The predicted molar refractivity (Wildman–Crippen MR) is 126 cm³/mol. The molecule has 0 radical (unpaired) electrons. The average molecular weight is 489 g/mol. The van der Waals surface area contributed by atoms with E-state index < -0.39 is 11.7 Å². The molecule has 0 spiro atoms. The molecule has 4 rings (SSSR count). The van der Waals surface area contributed by atoms with Crippen molar-refractivity contribution in [3.05, 3.63) is 93.3 Å². The second kappa shape index (κ2) is 10.4. The van der Waals surface area contributed by atoms with Crippen molar-refractivity contribution in [2.75, 3.05) is 18.4 Å². The number of pyridine rings is 1. The van der Waals surface area contributed by atoms with Crippen LogP contribution in [0.2, 0.25) is 5.02 Å². The quantitative estimate of drug-likeness (QED) is 0.457. The molecule has 2 aromatic carbocycles. The molecule has 0 saturated carbocycles. The first-order valence-corrected chi connectivity index (χ1v) is 11.3. The second-order valence-electron chi connectivity index (χ2n) is 8.08. The van der Waals surface area contributed by atoms with Gasteiger partial charge >= 0.3 is 6.18 Å². The van der Waals surface area contributed by atoms with E-state index in [0.29, 0.717) is 17.1 Å². The Balaban J connectivity index is 1.36. The minimum Gasteiger partial charge on any atom is -0.380 e. The fourth-order valence-electron chi connectivity index (χ4n) is 3.92. The number of anilines is 1. The van der Waals surface area contributed by atoms with E-state index in [1.165, 1.54) is 11.1 Å². The SMILES string of the molecule is O=C(NCc1cc(C(F)(F)F)ccn1)c1ccc(CNc2c(Cl)ccc3c2CCNCC3)cc1. The summed E-state index contributed by atoms with van der Waals surface area (Å²) >= 11 is 6.46. The van der Waals surface area contributed by atoms with Crippen LogP contribution < -0.4 is 16.0 Å². The van der Waals surface area contributed by atoms with Gasteiger partial charge in [-0.3, -0.25) is 9.78 Å². The van der Waals surface area contributed by atoms with Gasteiger partial charge in [0, 0.05) is 18.3 Å². The van der Waals surface area contributed by atoms with E-state index in [9.17, 15) is 18.0 Å². The van der Waals surface area contributed by atoms with Crippen molar-refractivity contribution in [3.63, 3.8) is 0 Å². The highest BCUT2D eigenvalue weighted by molar-refractivity contribution is 6.33. The summed E-state index contributed by atoms with van der Waals surface area (Å²) in [5, 5.41) is 10.1. The standard InChI is InChI=1S/C25H24ClF3N4O/c26-22-6-5-17-7-10-30-11-9-21(17)23(22)32-14-16-1-3-18(4-2-16)24(34)33-15-20-13-19(8-12-31-20)25(27,28)29/h1-6,8,12-13,30,32H,7,9-11,14-15H2,(H,33,34). The highest BCUT2D eigenvalue weighted by Gasteiger charge is 2.30. The smallest absolute Gasteiger partial charge is 0.380 e. The van der Waals surface area contributed by atoms with E-state index in [1.54, 1.807) is 12.1 Å². The van der Waals surface area contributed by atoms with Crippen LogP contribution in [0, 0.1) is 0 Å². The fraction of sp³-hybridized carbons (Fsp3) is 0.280. The Morgan fingerprint density at radius 3 is 2.56 bits per heavy atom. The van der Waals surface area contributed by atoms with Crippen LogP contribution in [-0.2, 0) is 32.1 Å². The third-order valence-corrected chi connectivity index (χ3v) is 6.06. The molecule has 0 fully saturated rings. The molecule has 5 nitrogen and oxygen atoms in total. The first-order valence-electron chi connectivity index (χ1n) is 11.0. The molecular weight excluding hydrogens is 465 g/mol. The molecule has 0 bridgehead atoms. The first kappa shape index (κ1) is 24.0. The third kappa shape index (κ3) is 5.87. The lowest BCUT2D eigenvalue weighted by Gasteiger charge is -2.16. The van der Waals surface area contributed by atoms with Gasteiger partial charge in [-0.25, -0.2) is 0 Å². The summed E-state index contributed by atoms with van der Waals surface area (Å²) in [6.45, 7) is 2.29. The monoisotopic (exact) mass is 488 g/mol. The van der Waals surface area contributed by atoms with Gasteiger partial charge in [0.25, 0.3) is 5.91 Å². The predicted octanol–water partition coefficient (Wildman–Crippen LogP) is 4.98. The van der Waals surface area contributed by atoms with Gasteiger partial charge in [-0.15, -0.1) is 0 Å². The molecule has 0 atom stereocenters. The number of carbonyl (C=O) groups is 1. The van der Waals surface area contributed by atoms with Crippen LogP contribution in [0.25, 0.3) is 0 Å². The number of hydrogen-bond acceptors (Lipinski definition) is 4. The van der Waals surface area contributed by atoms with Gasteiger partial charge in [0.2, 0.25) is 0 Å². The van der Waals surface area contributed by atoms with E-state index in [0.717, 1.165) is 55.5 Å². The van der Waals surface area contributed by atoms with Crippen molar-refractivity contribution in [2.45, 2.75) is 32.1 Å². The zero-order chi connectivity index (χ0) is 24.1. The lowest BCUT2D eigenvalue weighted by atomic mass is 10.0. The molecule has 2 heterocycles. The summed E-state index contributed by atoms with van der Waals surface area (Å²) in [4.78, 5) is 16.3. The van der Waals surface area contributed by atoms with Crippen LogP contribution in [0.4, 0.5) is 18.9 Å². The topological polar surface area (TPSA) is 66.0 Å². The van der Waals surface area contributed by atoms with Crippen LogP contribution in [0.15, 0.2) is 54.7 Å². The van der Waals surface area contributed by atoms with Crippen LogP contribution in [0.1, 0.15) is 38.3 Å². The number of alkyl halides is 3. The summed E-state index contributed by atoms with van der Waals surface area (Å²) in [6.07, 6.45) is -1.51. The number of rotatable bonds is 6. The Morgan fingerprint density at radius 1 is 1.03 bits per heavy atom. The van der Waals surface area contributed by atoms with Gasteiger partial charge in [0.05, 0.1) is 28.5 Å². The maximum atomic E-state index is 12.8. The van der Waals surface area contributed by atoms with E-state index >= 15 is 0 Å². The fourth-order valence-corrected chi connectivity index (χ4v) is 4.17. The lowest BCUT2D eigenvalue weighted by Crippen LogP contribution is -2.23. The van der Waals surface area contributed by atoms with Crippen molar-refractivity contribution >= 4 is 23.2 Å². The number of aromatic nitrogens is 1. The highest BCUT2D eigenvalue weighted by Crippen LogP contribution is 2.31. The Morgan fingerprint density at radius 2 is 1.79 bits per heavy atom. The zero-order valence-electron chi connectivity index (χ0n) is 18.3. The Kier molecular flexibility index (Phi) is 7.38. The van der Waals surface area contributed by atoms with Crippen molar-refractivity contribution in [2.24, 2.45) is 0 Å². The van der Waals surface area contributed by atoms with Crippen molar-refractivity contribution in [1.29, 1.82) is 0 Å². The second-order valence-corrected chi connectivity index (χ2v) is 8.48. The van der Waals surface area contributed by atoms with E-state index in [1.807, 2.05) is 18.2 Å². The normalized spacial score (nSPS) is 13.6. The number of fused-ring (bicyclic) bond motifs is 1. The van der Waals surface area contributed by atoms with Gasteiger partial charge in [-0.2, -0.15) is 13.2 Å². The van der Waals surface area contributed by atoms with Crippen molar-refractivity contribution < 1.29 is 18.0 Å². The molecule has 1 aliphatic rings. The number of carbonyl (C=O) groups excluding carboxylic acids is 1. The van der Waals surface area contributed by atoms with Crippen LogP contribution >= 0.6 is 11.6 Å². The Labute approximate surface area is 200 Å². The van der Waals surface area contributed by atoms with Gasteiger partial charge in [-0.1, -0.05) is 29.8 Å². The minimum atomic E-state index is -4.45. The van der Waals surface area contributed by atoms with Gasteiger partial charge in [0.15, 0.2) is 0 Å². The van der Waals surface area contributed by atoms with Crippen LogP contribution in [-0.4, -0.2) is 24.0 Å². The number of nitrogens with one attached hydrogen (secondary N) is 3. The Bertz CT molecular complexity index is 1170. The highest BCUT2D eigenvalue weighted by atomic mass is 35.5. The van der Waals surface area contributed by atoms with Crippen molar-refractivity contribution in [3.8, 4) is 0 Å². The number of nitrogens with zero attached hydrogens (tertiary/aromatic N) is 1. The summed E-state index contributed by atoms with van der Waals surface area (Å²) < 4.78 is 38.5. The number of amides is 1. The Hall–Kier alpha value is -3.10. The minimum absolute atomic E-state index is 0.0987. The molecule has 0 aliphatic carbocycles. The molecule has 3 N–H and O–H groups in total. The molecule has 3 aromatic rings. The third-order valence-electron chi connectivity index (χ3n) is 5.74. The lowest BCUT2D eigenvalue weighted by molar-refractivity contribution is -0.137. The maximum Gasteiger partial charge on any atom is 0.416 e. The van der Waals surface area contributed by atoms with Gasteiger partial charge < -0.3 is 16.0 Å². The van der Waals surface area contributed by atoms with E-state index in [4.69, 9.17) is 11.6 Å². The zero-order valence-corrected chi connectivity index (χ0v) is 19.1. The first-order chi connectivity index (χ1) is 16.3. The molecule has 0 unspecified atom stereocenters. The molecule has 34 heavy (non-hydrogen) atoms. The van der Waals surface area contributed by atoms with Crippen LogP contribution in [0.3, 0.4) is 0 Å². The number of halogens is 4. The molecule has 0 saturated heterocycles. The number of hydrogen-bond donors (Lipinski definition) is 3. The summed E-state index contributed by atoms with van der Waals surface area (Å²) in [5.74, 6) is -0.386.